The van der Waals surface area contributed by atoms with Gasteiger partial charge < -0.3 is 24.3 Å². The van der Waals surface area contributed by atoms with E-state index in [2.05, 4.69) is 10.1 Å². The van der Waals surface area contributed by atoms with E-state index in [0.717, 1.165) is 13.2 Å². The van der Waals surface area contributed by atoms with E-state index < -0.39 is 28.3 Å². The van der Waals surface area contributed by atoms with Gasteiger partial charge in [-0.15, -0.1) is 0 Å². The van der Waals surface area contributed by atoms with E-state index in [1.54, 1.807) is 20.8 Å². The van der Waals surface area contributed by atoms with Crippen molar-refractivity contribution in [3.05, 3.63) is 27.8 Å². The van der Waals surface area contributed by atoms with Crippen LogP contribution < -0.4 is 14.8 Å². The SMILES string of the molecule is COC(=O)c1cc(OCCCNC(=O)OC(C)(C)C)c(OC)cc1[N+](=O)[O-]. The summed E-state index contributed by atoms with van der Waals surface area (Å²) in [6.45, 7) is 5.75. The van der Waals surface area contributed by atoms with Crippen molar-refractivity contribution in [2.45, 2.75) is 32.8 Å². The molecule has 0 radical (unpaired) electrons. The molecule has 10 heteroatoms. The number of amides is 1. The van der Waals surface area contributed by atoms with E-state index in [0.29, 0.717) is 13.0 Å². The Bertz CT molecular complexity index is 697. The van der Waals surface area contributed by atoms with E-state index in [1.165, 1.54) is 13.2 Å². The van der Waals surface area contributed by atoms with Gasteiger partial charge in [-0.05, 0) is 27.2 Å². The number of rotatable bonds is 8. The molecule has 150 valence electrons. The number of methoxy groups -OCH3 is 2. The molecular formula is C17H24N2O8. The zero-order valence-corrected chi connectivity index (χ0v) is 16.0. The van der Waals surface area contributed by atoms with Crippen LogP contribution in [0.1, 0.15) is 37.6 Å². The Kier molecular flexibility index (Phi) is 7.82. The number of carbonyl (C=O) groups excluding carboxylic acids is 2. The molecule has 1 amide bonds. The number of nitrogens with one attached hydrogen (secondary N) is 1. The highest BCUT2D eigenvalue weighted by molar-refractivity contribution is 5.95. The van der Waals surface area contributed by atoms with Gasteiger partial charge in [0.15, 0.2) is 11.5 Å². The predicted molar refractivity (Wildman–Crippen MR) is 95.3 cm³/mol. The third kappa shape index (κ3) is 7.00. The summed E-state index contributed by atoms with van der Waals surface area (Å²) in [6.07, 6.45) is -0.101. The first-order valence-electron chi connectivity index (χ1n) is 8.13. The van der Waals surface area contributed by atoms with Crippen LogP contribution in [0.5, 0.6) is 11.5 Å². The van der Waals surface area contributed by atoms with Crippen molar-refractivity contribution < 1.29 is 33.5 Å². The second kappa shape index (κ2) is 9.60. The van der Waals surface area contributed by atoms with Crippen molar-refractivity contribution in [3.63, 3.8) is 0 Å². The number of carbonyl (C=O) groups is 2. The summed E-state index contributed by atoms with van der Waals surface area (Å²) in [4.78, 5) is 33.7. The summed E-state index contributed by atoms with van der Waals surface area (Å²) in [6, 6.07) is 2.30. The Morgan fingerprint density at radius 2 is 1.85 bits per heavy atom. The van der Waals surface area contributed by atoms with Gasteiger partial charge in [0.05, 0.1) is 31.8 Å². The monoisotopic (exact) mass is 384 g/mol. The molecule has 0 atom stereocenters. The number of hydrogen-bond donors (Lipinski definition) is 1. The second-order valence-corrected chi connectivity index (χ2v) is 6.40. The molecule has 1 aromatic carbocycles. The summed E-state index contributed by atoms with van der Waals surface area (Å²) < 4.78 is 20.3. The smallest absolute Gasteiger partial charge is 0.407 e. The normalized spacial score (nSPS) is 10.7. The van der Waals surface area contributed by atoms with Crippen LogP contribution in [-0.2, 0) is 9.47 Å². The highest BCUT2D eigenvalue weighted by atomic mass is 16.6. The molecular weight excluding hydrogens is 360 g/mol. The lowest BCUT2D eigenvalue weighted by Crippen LogP contribution is -2.33. The Morgan fingerprint density at radius 1 is 1.19 bits per heavy atom. The van der Waals surface area contributed by atoms with Crippen LogP contribution in [-0.4, -0.2) is 50.0 Å². The third-order valence-corrected chi connectivity index (χ3v) is 3.13. The van der Waals surface area contributed by atoms with Crippen molar-refractivity contribution in [2.24, 2.45) is 0 Å². The zero-order valence-electron chi connectivity index (χ0n) is 16.0. The van der Waals surface area contributed by atoms with E-state index in [9.17, 15) is 19.7 Å². The molecule has 0 unspecified atom stereocenters. The van der Waals surface area contributed by atoms with Gasteiger partial charge in [-0.2, -0.15) is 0 Å². The average Bonchev–Trinajstić information content (AvgIpc) is 2.58. The van der Waals surface area contributed by atoms with E-state index in [4.69, 9.17) is 14.2 Å². The summed E-state index contributed by atoms with van der Waals surface area (Å²) >= 11 is 0. The lowest BCUT2D eigenvalue weighted by molar-refractivity contribution is -0.385. The minimum Gasteiger partial charge on any atom is -0.493 e. The van der Waals surface area contributed by atoms with E-state index >= 15 is 0 Å². The van der Waals surface area contributed by atoms with Crippen molar-refractivity contribution in [2.75, 3.05) is 27.4 Å². The summed E-state index contributed by atoms with van der Waals surface area (Å²) in [5.41, 5.74) is -1.28. The summed E-state index contributed by atoms with van der Waals surface area (Å²) in [7, 11) is 2.45. The van der Waals surface area contributed by atoms with Crippen molar-refractivity contribution in [1.29, 1.82) is 0 Å². The highest BCUT2D eigenvalue weighted by Gasteiger charge is 2.25. The summed E-state index contributed by atoms with van der Waals surface area (Å²) in [5, 5.41) is 13.7. The maximum absolute atomic E-state index is 11.8. The molecule has 0 saturated carbocycles. The molecule has 1 aromatic rings. The number of benzene rings is 1. The van der Waals surface area contributed by atoms with Gasteiger partial charge in [-0.1, -0.05) is 0 Å². The van der Waals surface area contributed by atoms with Gasteiger partial charge in [0.25, 0.3) is 5.69 Å². The Labute approximate surface area is 156 Å². The van der Waals surface area contributed by atoms with Crippen LogP contribution in [0.15, 0.2) is 12.1 Å². The number of hydrogen-bond acceptors (Lipinski definition) is 8. The fraction of sp³-hybridized carbons (Fsp3) is 0.529. The van der Waals surface area contributed by atoms with Gasteiger partial charge >= 0.3 is 12.1 Å². The lowest BCUT2D eigenvalue weighted by atomic mass is 10.1. The topological polar surface area (TPSA) is 126 Å². The number of alkyl carbamates (subject to hydrolysis) is 1. The first-order chi connectivity index (χ1) is 12.6. The molecule has 1 N–H and O–H groups in total. The Balaban J connectivity index is 2.73. The second-order valence-electron chi connectivity index (χ2n) is 6.40. The molecule has 1 rings (SSSR count). The number of nitro groups is 1. The lowest BCUT2D eigenvalue weighted by Gasteiger charge is -2.19. The van der Waals surface area contributed by atoms with Gasteiger partial charge in [-0.25, -0.2) is 9.59 Å². The van der Waals surface area contributed by atoms with Crippen LogP contribution in [0, 0.1) is 10.1 Å². The molecule has 0 aliphatic carbocycles. The predicted octanol–water partition coefficient (Wildman–Crippen LogP) is 2.68. The van der Waals surface area contributed by atoms with Gasteiger partial charge in [0, 0.05) is 12.6 Å². The average molecular weight is 384 g/mol. The first-order valence-corrected chi connectivity index (χ1v) is 8.13. The van der Waals surface area contributed by atoms with Crippen molar-refractivity contribution >= 4 is 17.7 Å². The fourth-order valence-corrected chi connectivity index (χ4v) is 2.00. The molecule has 0 heterocycles. The molecule has 0 bridgehead atoms. The van der Waals surface area contributed by atoms with Crippen LogP contribution in [0.3, 0.4) is 0 Å². The number of ether oxygens (including phenoxy) is 4. The first kappa shape index (κ1) is 22.0. The van der Waals surface area contributed by atoms with Gasteiger partial charge in [-0.3, -0.25) is 10.1 Å². The maximum atomic E-state index is 11.8. The van der Waals surface area contributed by atoms with Gasteiger partial charge in [0.2, 0.25) is 0 Å². The van der Waals surface area contributed by atoms with E-state index in [-0.39, 0.29) is 23.7 Å². The standard InChI is InChI=1S/C17H24N2O8/c1-17(2,3)27-16(21)18-7-6-8-26-14-9-11(15(20)25-5)12(19(22)23)10-13(14)24-4/h9-10H,6-8H2,1-5H3,(H,18,21). The quantitative estimate of drug-likeness (QED) is 0.314. The van der Waals surface area contributed by atoms with Crippen LogP contribution in [0.4, 0.5) is 10.5 Å². The zero-order chi connectivity index (χ0) is 20.6. The number of esters is 1. The Hall–Kier alpha value is -3.04. The fourth-order valence-electron chi connectivity index (χ4n) is 2.00. The van der Waals surface area contributed by atoms with Crippen molar-refractivity contribution in [3.8, 4) is 11.5 Å². The molecule has 0 saturated heterocycles. The number of nitrogens with zero attached hydrogens (tertiary/aromatic N) is 1. The number of nitro benzene ring substituents is 1. The van der Waals surface area contributed by atoms with E-state index in [1.807, 2.05) is 0 Å². The largest absolute Gasteiger partial charge is 0.493 e. The molecule has 0 aliphatic rings. The molecule has 10 nitrogen and oxygen atoms in total. The van der Waals surface area contributed by atoms with Crippen LogP contribution in [0.2, 0.25) is 0 Å². The maximum Gasteiger partial charge on any atom is 0.407 e. The molecule has 27 heavy (non-hydrogen) atoms. The highest BCUT2D eigenvalue weighted by Crippen LogP contribution is 2.35. The molecule has 0 fully saturated rings. The van der Waals surface area contributed by atoms with Crippen LogP contribution >= 0.6 is 0 Å². The van der Waals surface area contributed by atoms with Crippen LogP contribution in [0.25, 0.3) is 0 Å². The minimum atomic E-state index is -0.860. The third-order valence-electron chi connectivity index (χ3n) is 3.13. The molecule has 0 aromatic heterocycles. The summed E-state index contributed by atoms with van der Waals surface area (Å²) in [5.74, 6) is -0.601. The Morgan fingerprint density at radius 3 is 2.37 bits per heavy atom. The minimum absolute atomic E-state index is 0.106. The molecule has 0 aliphatic heterocycles. The van der Waals surface area contributed by atoms with Gasteiger partial charge in [0.1, 0.15) is 11.2 Å². The molecule has 0 spiro atoms. The van der Waals surface area contributed by atoms with Crippen molar-refractivity contribution in [1.82, 2.24) is 5.32 Å².